The molecule has 0 saturated heterocycles. The van der Waals surface area contributed by atoms with Crippen LogP contribution in [-0.4, -0.2) is 36.3 Å². The summed E-state index contributed by atoms with van der Waals surface area (Å²) in [6, 6.07) is 3.12. The Morgan fingerprint density at radius 2 is 1.61 bits per heavy atom. The summed E-state index contributed by atoms with van der Waals surface area (Å²) >= 11 is 0. The molecule has 4 rings (SSSR count). The summed E-state index contributed by atoms with van der Waals surface area (Å²) in [6.45, 7) is 4.94. The number of carbonyl (C=O) groups is 1. The molecule has 44 heavy (non-hydrogen) atoms. The van der Waals surface area contributed by atoms with Gasteiger partial charge in [0.05, 0.1) is 22.7 Å². The molecular weight excluding hydrogens is 590 g/mol. The first-order valence-corrected chi connectivity index (χ1v) is 14.6. The maximum atomic E-state index is 13.5. The SMILES string of the molecule is Cc1cc(C)c2c(c1N=NN(C)N)C(NCc1cc(C(F)(F)F)cc(C(F)(F)F)c1)CCCN2CC1CCC(C(=O)O)CC1. The normalized spacial score (nSPS) is 21.3. The average molecular weight is 629 g/mol. The molecule has 8 nitrogen and oxygen atoms in total. The van der Waals surface area contributed by atoms with Gasteiger partial charge in [0, 0.05) is 44.0 Å². The van der Waals surface area contributed by atoms with Gasteiger partial charge in [0.15, 0.2) is 0 Å². The number of carboxylic acids is 1. The quantitative estimate of drug-likeness (QED) is 0.121. The van der Waals surface area contributed by atoms with Crippen LogP contribution in [0.2, 0.25) is 0 Å². The predicted octanol–water partition coefficient (Wildman–Crippen LogP) is 7.47. The third-order valence-electron chi connectivity index (χ3n) is 8.44. The van der Waals surface area contributed by atoms with Gasteiger partial charge >= 0.3 is 18.3 Å². The average Bonchev–Trinajstić information content (AvgIpc) is 3.10. The first kappa shape index (κ1) is 33.5. The number of aliphatic carboxylic acids is 1. The van der Waals surface area contributed by atoms with Crippen LogP contribution in [0.3, 0.4) is 0 Å². The summed E-state index contributed by atoms with van der Waals surface area (Å²) in [5.74, 6) is 4.86. The van der Waals surface area contributed by atoms with Gasteiger partial charge in [-0.2, -0.15) is 26.3 Å². The van der Waals surface area contributed by atoms with Gasteiger partial charge in [0.2, 0.25) is 0 Å². The van der Waals surface area contributed by atoms with Crippen LogP contribution in [0.1, 0.15) is 77.9 Å². The Hall–Kier alpha value is -3.39. The smallest absolute Gasteiger partial charge is 0.416 e. The van der Waals surface area contributed by atoms with Crippen molar-refractivity contribution in [2.75, 3.05) is 25.0 Å². The minimum atomic E-state index is -4.94. The van der Waals surface area contributed by atoms with E-state index in [4.69, 9.17) is 5.84 Å². The second-order valence-electron chi connectivity index (χ2n) is 11.9. The fraction of sp³-hybridized carbons (Fsp3) is 0.567. The summed E-state index contributed by atoms with van der Waals surface area (Å²) < 4.78 is 81.1. The molecule has 1 aliphatic heterocycles. The topological polar surface area (TPSA) is 107 Å². The van der Waals surface area contributed by atoms with Crippen LogP contribution in [0.4, 0.5) is 37.7 Å². The molecule has 0 radical (unpaired) electrons. The number of hydrogen-bond donors (Lipinski definition) is 3. The van der Waals surface area contributed by atoms with Gasteiger partial charge in [-0.3, -0.25) is 4.79 Å². The molecule has 0 amide bonds. The molecule has 0 aromatic heterocycles. The van der Waals surface area contributed by atoms with Crippen molar-refractivity contribution in [3.8, 4) is 0 Å². The van der Waals surface area contributed by atoms with Gasteiger partial charge in [-0.25, -0.2) is 11.0 Å². The van der Waals surface area contributed by atoms with Crippen LogP contribution < -0.4 is 16.1 Å². The minimum Gasteiger partial charge on any atom is -0.481 e. The lowest BCUT2D eigenvalue weighted by atomic mass is 9.81. The molecule has 242 valence electrons. The minimum absolute atomic E-state index is 0.126. The van der Waals surface area contributed by atoms with E-state index in [-0.39, 0.29) is 30.0 Å². The monoisotopic (exact) mass is 628 g/mol. The molecule has 1 fully saturated rings. The summed E-state index contributed by atoms with van der Waals surface area (Å²) in [6.07, 6.45) is -5.87. The molecule has 1 unspecified atom stereocenters. The third-order valence-corrected chi connectivity index (χ3v) is 8.44. The number of nitrogens with one attached hydrogen (secondary N) is 1. The van der Waals surface area contributed by atoms with E-state index in [0.29, 0.717) is 44.5 Å². The van der Waals surface area contributed by atoms with E-state index in [2.05, 4.69) is 20.6 Å². The zero-order valence-corrected chi connectivity index (χ0v) is 24.9. The van der Waals surface area contributed by atoms with E-state index < -0.39 is 35.5 Å². The van der Waals surface area contributed by atoms with Gasteiger partial charge in [-0.05, 0) is 93.2 Å². The highest BCUT2D eigenvalue weighted by atomic mass is 19.4. The summed E-state index contributed by atoms with van der Waals surface area (Å²) in [7, 11) is 1.51. The second-order valence-corrected chi connectivity index (χ2v) is 11.9. The molecule has 2 aromatic rings. The van der Waals surface area contributed by atoms with Crippen LogP contribution in [0.5, 0.6) is 0 Å². The lowest BCUT2D eigenvalue weighted by molar-refractivity contribution is -0.144. The maximum Gasteiger partial charge on any atom is 0.416 e. The molecule has 1 saturated carbocycles. The molecule has 0 spiro atoms. The Kier molecular flexibility index (Phi) is 10.1. The zero-order chi connectivity index (χ0) is 32.4. The number of hydrogen-bond acceptors (Lipinski definition) is 6. The summed E-state index contributed by atoms with van der Waals surface area (Å²) in [5, 5.41) is 22.1. The number of anilines is 1. The Morgan fingerprint density at radius 3 is 2.16 bits per heavy atom. The van der Waals surface area contributed by atoms with Crippen LogP contribution >= 0.6 is 0 Å². The van der Waals surface area contributed by atoms with E-state index in [9.17, 15) is 36.2 Å². The standard InChI is InChI=1S/C30H38F6N6O2/c1-17-11-18(2)27-25(26(17)39-40-41(3)37)24(5-4-10-42(27)16-19-6-8-21(9-7-19)28(43)44)38-15-20-12-22(29(31,32)33)14-23(13-20)30(34,35)36/h11-14,19,21,24,38H,4-10,15-16,37H2,1-3H3,(H,43,44). The molecule has 0 bridgehead atoms. The molecule has 4 N–H and O–H groups in total. The number of carboxylic acid groups (broad SMARTS) is 1. The number of nitrogens with zero attached hydrogens (tertiary/aromatic N) is 4. The number of nitrogens with two attached hydrogens (primary N) is 1. The highest BCUT2D eigenvalue weighted by Gasteiger charge is 2.37. The lowest BCUT2D eigenvalue weighted by Gasteiger charge is -2.35. The van der Waals surface area contributed by atoms with Crippen LogP contribution in [0.25, 0.3) is 0 Å². The number of alkyl halides is 6. The van der Waals surface area contributed by atoms with E-state index in [0.717, 1.165) is 52.5 Å². The van der Waals surface area contributed by atoms with Gasteiger partial charge in [0.1, 0.15) is 0 Å². The van der Waals surface area contributed by atoms with Crippen molar-refractivity contribution in [1.29, 1.82) is 0 Å². The largest absolute Gasteiger partial charge is 0.481 e. The van der Waals surface area contributed by atoms with Crippen molar-refractivity contribution in [2.45, 2.75) is 77.3 Å². The highest BCUT2D eigenvalue weighted by molar-refractivity contribution is 5.73. The number of rotatable bonds is 8. The first-order chi connectivity index (χ1) is 20.5. The van der Waals surface area contributed by atoms with Gasteiger partial charge < -0.3 is 15.3 Å². The highest BCUT2D eigenvalue weighted by Crippen LogP contribution is 2.45. The Morgan fingerprint density at radius 1 is 1.00 bits per heavy atom. The van der Waals surface area contributed by atoms with Crippen molar-refractivity contribution in [3.05, 3.63) is 57.6 Å². The Labute approximate surface area is 252 Å². The molecule has 1 heterocycles. The number of aryl methyl sites for hydroxylation is 2. The molecule has 1 atom stereocenters. The number of benzene rings is 2. The molecule has 2 aromatic carbocycles. The predicted molar refractivity (Wildman–Crippen MR) is 153 cm³/mol. The zero-order valence-electron chi connectivity index (χ0n) is 24.9. The van der Waals surface area contributed by atoms with E-state index >= 15 is 0 Å². The fourth-order valence-corrected chi connectivity index (χ4v) is 6.39. The Bertz CT molecular complexity index is 1340. The van der Waals surface area contributed by atoms with Crippen molar-refractivity contribution >= 4 is 17.3 Å². The number of halogens is 6. The molecular formula is C30H38F6N6O2. The van der Waals surface area contributed by atoms with E-state index in [1.54, 1.807) is 0 Å². The van der Waals surface area contributed by atoms with E-state index in [1.165, 1.54) is 7.05 Å². The molecule has 2 aliphatic rings. The van der Waals surface area contributed by atoms with E-state index in [1.807, 2.05) is 19.9 Å². The first-order valence-electron chi connectivity index (χ1n) is 14.6. The molecule has 14 heteroatoms. The Balaban J connectivity index is 1.71. The number of fused-ring (bicyclic) bond motifs is 1. The number of hydrazine groups is 1. The maximum absolute atomic E-state index is 13.5. The van der Waals surface area contributed by atoms with Crippen LogP contribution in [0, 0.1) is 25.7 Å². The van der Waals surface area contributed by atoms with Gasteiger partial charge in [0.25, 0.3) is 0 Å². The van der Waals surface area contributed by atoms with Crippen LogP contribution in [0.15, 0.2) is 34.6 Å². The van der Waals surface area contributed by atoms with Gasteiger partial charge in [-0.1, -0.05) is 11.3 Å². The summed E-state index contributed by atoms with van der Waals surface area (Å²) in [4.78, 5) is 13.7. The van der Waals surface area contributed by atoms with Crippen LogP contribution in [-0.2, 0) is 23.7 Å². The lowest BCUT2D eigenvalue weighted by Crippen LogP contribution is -2.34. The van der Waals surface area contributed by atoms with Crippen molar-refractivity contribution in [3.63, 3.8) is 0 Å². The second kappa shape index (κ2) is 13.3. The fourth-order valence-electron chi connectivity index (χ4n) is 6.39. The molecule has 1 aliphatic carbocycles. The summed E-state index contributed by atoms with van der Waals surface area (Å²) in [5.41, 5.74) is 1.06. The van der Waals surface area contributed by atoms with Crippen molar-refractivity contribution in [2.24, 2.45) is 28.0 Å². The third kappa shape index (κ3) is 8.00. The van der Waals surface area contributed by atoms with Crippen molar-refractivity contribution in [1.82, 2.24) is 10.4 Å². The van der Waals surface area contributed by atoms with Crippen molar-refractivity contribution < 1.29 is 36.2 Å². The van der Waals surface area contributed by atoms with Gasteiger partial charge in [-0.15, -0.1) is 5.11 Å².